The zero-order valence-electron chi connectivity index (χ0n) is 4.64. The highest BCUT2D eigenvalue weighted by atomic mass is 79.9. The van der Waals surface area contributed by atoms with E-state index in [1.807, 2.05) is 0 Å². The second kappa shape index (κ2) is 2.80. The molecule has 0 aromatic carbocycles. The average Bonchev–Trinajstić information content (AvgIpc) is 1.77. The highest BCUT2D eigenvalue weighted by Crippen LogP contribution is 2.12. The molecular formula is C5H10BrNO. The van der Waals surface area contributed by atoms with Crippen molar-refractivity contribution in [2.75, 3.05) is 13.2 Å². The Morgan fingerprint density at radius 3 is 2.75 bits per heavy atom. The van der Waals surface area contributed by atoms with E-state index in [0.717, 1.165) is 19.6 Å². The largest absolute Gasteiger partial charge is 0.380 e. The SMILES string of the molecule is N[C@@H]1CCOC[C@@H]1Br. The van der Waals surface area contributed by atoms with Gasteiger partial charge in [0.15, 0.2) is 0 Å². The molecule has 1 aliphatic rings. The molecule has 0 spiro atoms. The molecule has 1 heterocycles. The Labute approximate surface area is 57.5 Å². The van der Waals surface area contributed by atoms with Crippen LogP contribution in [0.4, 0.5) is 0 Å². The first kappa shape index (κ1) is 6.52. The molecule has 3 heteroatoms. The van der Waals surface area contributed by atoms with Crippen molar-refractivity contribution < 1.29 is 4.74 Å². The van der Waals surface area contributed by atoms with Gasteiger partial charge in [0.05, 0.1) is 11.4 Å². The summed E-state index contributed by atoms with van der Waals surface area (Å²) in [7, 11) is 0. The van der Waals surface area contributed by atoms with Crippen LogP contribution in [0.3, 0.4) is 0 Å². The van der Waals surface area contributed by atoms with Crippen molar-refractivity contribution in [3.63, 3.8) is 0 Å². The quantitative estimate of drug-likeness (QED) is 0.551. The van der Waals surface area contributed by atoms with E-state index >= 15 is 0 Å². The third-order valence-electron chi connectivity index (χ3n) is 1.34. The van der Waals surface area contributed by atoms with Crippen LogP contribution in [0.2, 0.25) is 0 Å². The van der Waals surface area contributed by atoms with E-state index in [1.165, 1.54) is 0 Å². The lowest BCUT2D eigenvalue weighted by atomic mass is 10.1. The normalized spacial score (nSPS) is 39.8. The van der Waals surface area contributed by atoms with E-state index in [2.05, 4.69) is 15.9 Å². The average molecular weight is 180 g/mol. The van der Waals surface area contributed by atoms with Gasteiger partial charge in [-0.2, -0.15) is 0 Å². The molecule has 1 aliphatic heterocycles. The first-order valence-electron chi connectivity index (χ1n) is 2.78. The van der Waals surface area contributed by atoms with Crippen LogP contribution in [-0.4, -0.2) is 24.1 Å². The fraction of sp³-hybridized carbons (Fsp3) is 1.00. The lowest BCUT2D eigenvalue weighted by molar-refractivity contribution is 0.0932. The molecule has 2 atom stereocenters. The minimum atomic E-state index is 0.295. The van der Waals surface area contributed by atoms with Crippen LogP contribution in [0.1, 0.15) is 6.42 Å². The number of halogens is 1. The van der Waals surface area contributed by atoms with Crippen molar-refractivity contribution in [3.05, 3.63) is 0 Å². The molecule has 8 heavy (non-hydrogen) atoms. The van der Waals surface area contributed by atoms with Crippen LogP contribution >= 0.6 is 15.9 Å². The maximum absolute atomic E-state index is 5.65. The molecule has 0 aliphatic carbocycles. The molecule has 0 radical (unpaired) electrons. The highest BCUT2D eigenvalue weighted by molar-refractivity contribution is 9.09. The van der Waals surface area contributed by atoms with Gasteiger partial charge >= 0.3 is 0 Å². The maximum Gasteiger partial charge on any atom is 0.0606 e. The van der Waals surface area contributed by atoms with Crippen LogP contribution < -0.4 is 5.73 Å². The minimum absolute atomic E-state index is 0.295. The van der Waals surface area contributed by atoms with E-state index in [-0.39, 0.29) is 0 Å². The minimum Gasteiger partial charge on any atom is -0.380 e. The van der Waals surface area contributed by atoms with Gasteiger partial charge in [0.2, 0.25) is 0 Å². The van der Waals surface area contributed by atoms with Crippen molar-refractivity contribution in [1.82, 2.24) is 0 Å². The zero-order valence-corrected chi connectivity index (χ0v) is 6.23. The molecule has 48 valence electrons. The van der Waals surface area contributed by atoms with Gasteiger partial charge in [-0.3, -0.25) is 0 Å². The van der Waals surface area contributed by atoms with Gasteiger partial charge in [-0.15, -0.1) is 0 Å². The summed E-state index contributed by atoms with van der Waals surface area (Å²) in [6.07, 6.45) is 0.982. The van der Waals surface area contributed by atoms with Gasteiger partial charge in [-0.25, -0.2) is 0 Å². The molecule has 1 rings (SSSR count). The topological polar surface area (TPSA) is 35.2 Å². The molecular weight excluding hydrogens is 170 g/mol. The van der Waals surface area contributed by atoms with E-state index in [1.54, 1.807) is 0 Å². The smallest absolute Gasteiger partial charge is 0.0606 e. The predicted octanol–water partition coefficient (Wildman–Crippen LogP) is 0.497. The molecule has 0 unspecified atom stereocenters. The monoisotopic (exact) mass is 179 g/mol. The number of ether oxygens (including phenoxy) is 1. The summed E-state index contributed by atoms with van der Waals surface area (Å²) in [4.78, 5) is 0.372. The Bertz CT molecular complexity index is 68.8. The van der Waals surface area contributed by atoms with Crippen LogP contribution in [0.15, 0.2) is 0 Å². The van der Waals surface area contributed by atoms with Crippen molar-refractivity contribution in [1.29, 1.82) is 0 Å². The second-order valence-electron chi connectivity index (χ2n) is 2.04. The summed E-state index contributed by atoms with van der Waals surface area (Å²) >= 11 is 3.40. The van der Waals surface area contributed by atoms with Gasteiger partial charge in [0.1, 0.15) is 0 Å². The number of hydrogen-bond donors (Lipinski definition) is 1. The van der Waals surface area contributed by atoms with Gasteiger partial charge in [0.25, 0.3) is 0 Å². The standard InChI is InChI=1S/C5H10BrNO/c6-4-3-8-2-1-5(4)7/h4-5H,1-3,7H2/t4-,5+/m0/s1. The summed E-state index contributed by atoms with van der Waals surface area (Å²) in [6, 6.07) is 0.295. The fourth-order valence-electron chi connectivity index (χ4n) is 0.720. The van der Waals surface area contributed by atoms with Crippen LogP contribution in [0.5, 0.6) is 0 Å². The summed E-state index contributed by atoms with van der Waals surface area (Å²) in [6.45, 7) is 1.59. The number of rotatable bonds is 0. The molecule has 1 fully saturated rings. The van der Waals surface area contributed by atoms with Gasteiger partial charge < -0.3 is 10.5 Å². The molecule has 0 bridgehead atoms. The van der Waals surface area contributed by atoms with Crippen LogP contribution in [0, 0.1) is 0 Å². The van der Waals surface area contributed by atoms with Crippen LogP contribution in [-0.2, 0) is 4.74 Å². The van der Waals surface area contributed by atoms with Gasteiger partial charge in [0, 0.05) is 12.6 Å². The first-order valence-corrected chi connectivity index (χ1v) is 3.69. The Morgan fingerprint density at radius 2 is 2.38 bits per heavy atom. The van der Waals surface area contributed by atoms with E-state index in [4.69, 9.17) is 10.5 Å². The second-order valence-corrected chi connectivity index (χ2v) is 3.22. The van der Waals surface area contributed by atoms with Crippen molar-refractivity contribution in [2.24, 2.45) is 5.73 Å². The molecule has 0 saturated carbocycles. The fourth-order valence-corrected chi connectivity index (χ4v) is 1.17. The lowest BCUT2D eigenvalue weighted by Crippen LogP contribution is -2.38. The van der Waals surface area contributed by atoms with Crippen molar-refractivity contribution in [3.8, 4) is 0 Å². The number of alkyl halides is 1. The zero-order chi connectivity index (χ0) is 5.98. The first-order chi connectivity index (χ1) is 3.80. The predicted molar refractivity (Wildman–Crippen MR) is 36.1 cm³/mol. The summed E-state index contributed by atoms with van der Waals surface area (Å²) in [5.74, 6) is 0. The Balaban J connectivity index is 2.28. The summed E-state index contributed by atoms with van der Waals surface area (Å²) in [5, 5.41) is 0. The molecule has 1 saturated heterocycles. The van der Waals surface area contributed by atoms with Crippen molar-refractivity contribution >= 4 is 15.9 Å². The number of nitrogens with two attached hydrogens (primary N) is 1. The van der Waals surface area contributed by atoms with E-state index in [0.29, 0.717) is 10.9 Å². The van der Waals surface area contributed by atoms with Gasteiger partial charge in [-0.1, -0.05) is 15.9 Å². The summed E-state index contributed by atoms with van der Waals surface area (Å²) in [5.41, 5.74) is 5.65. The lowest BCUT2D eigenvalue weighted by Gasteiger charge is -2.23. The molecule has 2 nitrogen and oxygen atoms in total. The van der Waals surface area contributed by atoms with E-state index in [9.17, 15) is 0 Å². The Hall–Kier alpha value is 0.400. The maximum atomic E-state index is 5.65. The molecule has 0 aromatic heterocycles. The molecule has 0 amide bonds. The van der Waals surface area contributed by atoms with Gasteiger partial charge in [-0.05, 0) is 6.42 Å². The Kier molecular flexibility index (Phi) is 2.28. The third kappa shape index (κ3) is 1.44. The molecule has 0 aromatic rings. The van der Waals surface area contributed by atoms with Crippen molar-refractivity contribution in [2.45, 2.75) is 17.3 Å². The summed E-state index contributed by atoms with van der Waals surface area (Å²) < 4.78 is 5.13. The van der Waals surface area contributed by atoms with Crippen LogP contribution in [0.25, 0.3) is 0 Å². The Morgan fingerprint density at radius 1 is 1.62 bits per heavy atom. The van der Waals surface area contributed by atoms with E-state index < -0.39 is 0 Å². The third-order valence-corrected chi connectivity index (χ3v) is 2.28. The highest BCUT2D eigenvalue weighted by Gasteiger charge is 2.18. The number of hydrogen-bond acceptors (Lipinski definition) is 2. The molecule has 2 N–H and O–H groups in total.